The van der Waals surface area contributed by atoms with E-state index >= 15 is 0 Å². The number of carbonyl (C=O) groups excluding carboxylic acids is 1. The van der Waals surface area contributed by atoms with Crippen molar-refractivity contribution in [2.24, 2.45) is 0 Å². The number of nitrogens with one attached hydrogen (secondary N) is 2. The van der Waals surface area contributed by atoms with Gasteiger partial charge in [0.1, 0.15) is 0 Å². The van der Waals surface area contributed by atoms with E-state index in [-0.39, 0.29) is 11.9 Å². The average Bonchev–Trinajstić information content (AvgIpc) is 2.80. The third-order valence-electron chi connectivity index (χ3n) is 3.43. The summed E-state index contributed by atoms with van der Waals surface area (Å²) in [5.41, 5.74) is 2.35. The zero-order valence-electron chi connectivity index (χ0n) is 11.7. The number of fused-ring (bicyclic) bond motifs is 1. The molecule has 0 fully saturated rings. The first-order valence-corrected chi connectivity index (χ1v) is 7.05. The summed E-state index contributed by atoms with van der Waals surface area (Å²) in [6.07, 6.45) is 5.49. The molecule has 102 valence electrons. The maximum Gasteiger partial charge on any atom is 0.220 e. The van der Waals surface area contributed by atoms with Gasteiger partial charge in [-0.05, 0) is 31.4 Å². The number of amides is 1. The summed E-state index contributed by atoms with van der Waals surface area (Å²) < 4.78 is 0. The van der Waals surface area contributed by atoms with Crippen molar-refractivity contribution < 1.29 is 4.79 Å². The normalized spacial score (nSPS) is 12.5. The van der Waals surface area contributed by atoms with Crippen LogP contribution in [0.15, 0.2) is 30.5 Å². The topological polar surface area (TPSA) is 44.9 Å². The molecule has 0 aliphatic carbocycles. The van der Waals surface area contributed by atoms with Crippen molar-refractivity contribution in [2.45, 2.75) is 45.6 Å². The Morgan fingerprint density at radius 1 is 1.37 bits per heavy atom. The molecule has 1 aromatic carbocycles. The maximum atomic E-state index is 11.8. The highest BCUT2D eigenvalue weighted by molar-refractivity contribution is 5.84. The summed E-state index contributed by atoms with van der Waals surface area (Å²) in [7, 11) is 0. The Kier molecular flexibility index (Phi) is 4.61. The van der Waals surface area contributed by atoms with E-state index in [9.17, 15) is 4.79 Å². The Morgan fingerprint density at radius 3 is 2.95 bits per heavy atom. The number of aromatic nitrogens is 1. The number of hydrogen-bond donors (Lipinski definition) is 2. The van der Waals surface area contributed by atoms with E-state index in [1.54, 1.807) is 0 Å². The highest BCUT2D eigenvalue weighted by Crippen LogP contribution is 2.18. The zero-order chi connectivity index (χ0) is 13.7. The molecular formula is C16H22N2O. The first-order chi connectivity index (χ1) is 9.20. The highest BCUT2D eigenvalue weighted by Gasteiger charge is 2.08. The van der Waals surface area contributed by atoms with E-state index in [0.717, 1.165) is 24.8 Å². The third-order valence-corrected chi connectivity index (χ3v) is 3.43. The Labute approximate surface area is 114 Å². The fourth-order valence-electron chi connectivity index (χ4n) is 2.44. The summed E-state index contributed by atoms with van der Waals surface area (Å²) in [5.74, 6) is 0.145. The standard InChI is InChI=1S/C16H22N2O/c1-3-6-12(2)18-16(19)10-9-13-11-17-15-8-5-4-7-14(13)15/h4-5,7-8,11-12,17H,3,6,9-10H2,1-2H3,(H,18,19). The van der Waals surface area contributed by atoms with Crippen LogP contribution in [0.1, 0.15) is 38.7 Å². The fourth-order valence-corrected chi connectivity index (χ4v) is 2.44. The largest absolute Gasteiger partial charge is 0.361 e. The van der Waals surface area contributed by atoms with Crippen molar-refractivity contribution in [3.63, 3.8) is 0 Å². The second kappa shape index (κ2) is 6.41. The van der Waals surface area contributed by atoms with Gasteiger partial charge in [0, 0.05) is 29.6 Å². The zero-order valence-corrected chi connectivity index (χ0v) is 11.7. The molecule has 2 rings (SSSR count). The van der Waals surface area contributed by atoms with Crippen molar-refractivity contribution >= 4 is 16.8 Å². The molecule has 0 spiro atoms. The van der Waals surface area contributed by atoms with Gasteiger partial charge in [-0.3, -0.25) is 4.79 Å². The summed E-state index contributed by atoms with van der Waals surface area (Å²) in [4.78, 5) is 15.1. The lowest BCUT2D eigenvalue weighted by Gasteiger charge is -2.12. The predicted molar refractivity (Wildman–Crippen MR) is 79.1 cm³/mol. The minimum atomic E-state index is 0.145. The average molecular weight is 258 g/mol. The summed E-state index contributed by atoms with van der Waals surface area (Å²) in [6, 6.07) is 8.48. The van der Waals surface area contributed by atoms with Gasteiger partial charge in [0.2, 0.25) is 5.91 Å². The summed E-state index contributed by atoms with van der Waals surface area (Å²) in [5, 5.41) is 4.26. The molecule has 0 aliphatic rings. The van der Waals surface area contributed by atoms with Gasteiger partial charge in [-0.1, -0.05) is 31.5 Å². The Bertz CT molecular complexity index is 544. The molecule has 0 bridgehead atoms. The first-order valence-electron chi connectivity index (χ1n) is 7.05. The van der Waals surface area contributed by atoms with Gasteiger partial charge < -0.3 is 10.3 Å². The number of rotatable bonds is 6. The molecule has 0 aliphatic heterocycles. The van der Waals surface area contributed by atoms with Crippen LogP contribution >= 0.6 is 0 Å². The van der Waals surface area contributed by atoms with Crippen LogP contribution in [0.4, 0.5) is 0 Å². The molecule has 0 radical (unpaired) electrons. The van der Waals surface area contributed by atoms with Crippen molar-refractivity contribution in [1.29, 1.82) is 0 Å². The van der Waals surface area contributed by atoms with Gasteiger partial charge in [-0.15, -0.1) is 0 Å². The second-order valence-corrected chi connectivity index (χ2v) is 5.12. The van der Waals surface area contributed by atoms with Crippen LogP contribution in [-0.2, 0) is 11.2 Å². The van der Waals surface area contributed by atoms with Crippen LogP contribution in [0.2, 0.25) is 0 Å². The van der Waals surface area contributed by atoms with Crippen LogP contribution in [0.3, 0.4) is 0 Å². The molecule has 1 atom stereocenters. The van der Waals surface area contributed by atoms with Crippen LogP contribution in [0.5, 0.6) is 0 Å². The molecule has 2 aromatic rings. The summed E-state index contributed by atoms with van der Waals surface area (Å²) in [6.45, 7) is 4.20. The minimum Gasteiger partial charge on any atom is -0.361 e. The molecule has 1 unspecified atom stereocenters. The lowest BCUT2D eigenvalue weighted by Crippen LogP contribution is -2.32. The van der Waals surface area contributed by atoms with Crippen LogP contribution in [-0.4, -0.2) is 16.9 Å². The Hall–Kier alpha value is -1.77. The van der Waals surface area contributed by atoms with Crippen molar-refractivity contribution in [3.05, 3.63) is 36.0 Å². The number of aryl methyl sites for hydroxylation is 1. The molecule has 19 heavy (non-hydrogen) atoms. The molecule has 1 aromatic heterocycles. The number of para-hydroxylation sites is 1. The molecule has 0 saturated heterocycles. The van der Waals surface area contributed by atoms with Gasteiger partial charge in [0.15, 0.2) is 0 Å². The summed E-state index contributed by atoms with van der Waals surface area (Å²) >= 11 is 0. The van der Waals surface area contributed by atoms with E-state index < -0.39 is 0 Å². The molecule has 1 heterocycles. The lowest BCUT2D eigenvalue weighted by molar-refractivity contribution is -0.121. The molecule has 1 amide bonds. The van der Waals surface area contributed by atoms with Crippen molar-refractivity contribution in [3.8, 4) is 0 Å². The Balaban J connectivity index is 1.90. The van der Waals surface area contributed by atoms with Gasteiger partial charge in [0.25, 0.3) is 0 Å². The van der Waals surface area contributed by atoms with Crippen LogP contribution in [0, 0.1) is 0 Å². The van der Waals surface area contributed by atoms with Gasteiger partial charge >= 0.3 is 0 Å². The Morgan fingerprint density at radius 2 is 2.16 bits per heavy atom. The van der Waals surface area contributed by atoms with E-state index in [4.69, 9.17) is 0 Å². The molecular weight excluding hydrogens is 236 g/mol. The smallest absolute Gasteiger partial charge is 0.220 e. The monoisotopic (exact) mass is 258 g/mol. The van der Waals surface area contributed by atoms with Crippen LogP contribution < -0.4 is 5.32 Å². The van der Waals surface area contributed by atoms with Gasteiger partial charge in [-0.25, -0.2) is 0 Å². The highest BCUT2D eigenvalue weighted by atomic mass is 16.1. The lowest BCUT2D eigenvalue weighted by atomic mass is 10.1. The number of benzene rings is 1. The SMILES string of the molecule is CCCC(C)NC(=O)CCc1c[nH]c2ccccc12. The van der Waals surface area contributed by atoms with Crippen molar-refractivity contribution in [2.75, 3.05) is 0 Å². The molecule has 0 saturated carbocycles. The predicted octanol–water partition coefficient (Wildman–Crippen LogP) is 3.41. The molecule has 3 heteroatoms. The molecule has 2 N–H and O–H groups in total. The van der Waals surface area contributed by atoms with Crippen molar-refractivity contribution in [1.82, 2.24) is 10.3 Å². The maximum absolute atomic E-state index is 11.8. The minimum absolute atomic E-state index is 0.145. The van der Waals surface area contributed by atoms with Gasteiger partial charge in [-0.2, -0.15) is 0 Å². The van der Waals surface area contributed by atoms with E-state index in [1.165, 1.54) is 10.9 Å². The number of H-pyrrole nitrogens is 1. The van der Waals surface area contributed by atoms with E-state index in [0.29, 0.717) is 6.42 Å². The third kappa shape index (κ3) is 3.60. The number of hydrogen-bond acceptors (Lipinski definition) is 1. The first kappa shape index (κ1) is 13.7. The van der Waals surface area contributed by atoms with E-state index in [2.05, 4.69) is 36.3 Å². The van der Waals surface area contributed by atoms with E-state index in [1.807, 2.05) is 18.3 Å². The number of carbonyl (C=O) groups is 1. The second-order valence-electron chi connectivity index (χ2n) is 5.12. The van der Waals surface area contributed by atoms with Gasteiger partial charge in [0.05, 0.1) is 0 Å². The fraction of sp³-hybridized carbons (Fsp3) is 0.438. The molecule has 3 nitrogen and oxygen atoms in total. The van der Waals surface area contributed by atoms with Crippen LogP contribution in [0.25, 0.3) is 10.9 Å². The quantitative estimate of drug-likeness (QED) is 0.819. The number of aromatic amines is 1.